The van der Waals surface area contributed by atoms with Gasteiger partial charge in [0.2, 0.25) is 0 Å². The van der Waals surface area contributed by atoms with Crippen molar-refractivity contribution in [3.63, 3.8) is 0 Å². The molecule has 1 atom stereocenters. The van der Waals surface area contributed by atoms with E-state index in [1.54, 1.807) is 0 Å². The highest BCUT2D eigenvalue weighted by Gasteiger charge is 2.04. The molecule has 1 rings (SSSR count). The van der Waals surface area contributed by atoms with E-state index in [-0.39, 0.29) is 0 Å². The summed E-state index contributed by atoms with van der Waals surface area (Å²) in [6.07, 6.45) is 3.14. The molecule has 66 valence electrons. The van der Waals surface area contributed by atoms with Gasteiger partial charge in [0.25, 0.3) is 0 Å². The van der Waals surface area contributed by atoms with E-state index in [4.69, 9.17) is 0 Å². The van der Waals surface area contributed by atoms with Gasteiger partial charge in [-0.25, -0.2) is 0 Å². The number of hydrogen-bond acceptors (Lipinski definition) is 2. The smallest absolute Gasteiger partial charge is 0.0957 e. The fourth-order valence-corrected chi connectivity index (χ4v) is 1.05. The van der Waals surface area contributed by atoms with Crippen LogP contribution in [0.25, 0.3) is 0 Å². The molecule has 0 saturated heterocycles. The molecule has 0 aromatic carbocycles. The van der Waals surface area contributed by atoms with Crippen LogP contribution in [0, 0.1) is 0 Å². The van der Waals surface area contributed by atoms with E-state index < -0.39 is 6.10 Å². The van der Waals surface area contributed by atoms with Gasteiger partial charge in [-0.2, -0.15) is 0 Å². The van der Waals surface area contributed by atoms with Gasteiger partial charge in [-0.05, 0) is 24.5 Å². The number of aliphatic hydroxyl groups is 1. The molecule has 0 fully saturated rings. The van der Waals surface area contributed by atoms with Gasteiger partial charge in [-0.15, -0.1) is 0 Å². The third-order valence-electron chi connectivity index (χ3n) is 1.98. The minimum atomic E-state index is -0.407. The van der Waals surface area contributed by atoms with Gasteiger partial charge in [0.05, 0.1) is 11.8 Å². The molecule has 1 aromatic rings. The molecule has 2 heteroatoms. The van der Waals surface area contributed by atoms with E-state index in [1.807, 2.05) is 25.3 Å². The van der Waals surface area contributed by atoms with E-state index in [9.17, 15) is 5.11 Å². The van der Waals surface area contributed by atoms with Crippen molar-refractivity contribution in [2.24, 2.45) is 0 Å². The Bertz CT molecular complexity index is 230. The van der Waals surface area contributed by atoms with Crippen molar-refractivity contribution in [1.82, 2.24) is 4.98 Å². The number of pyridine rings is 1. The Hall–Kier alpha value is -0.890. The molecule has 0 saturated carbocycles. The summed E-state index contributed by atoms with van der Waals surface area (Å²) in [5.74, 6) is 0. The van der Waals surface area contributed by atoms with Crippen molar-refractivity contribution in [1.29, 1.82) is 0 Å². The lowest BCUT2D eigenvalue weighted by molar-refractivity contribution is 0.169. The molecule has 0 amide bonds. The summed E-state index contributed by atoms with van der Waals surface area (Å²) in [7, 11) is 0. The van der Waals surface area contributed by atoms with Gasteiger partial charge < -0.3 is 5.11 Å². The van der Waals surface area contributed by atoms with E-state index in [1.165, 1.54) is 5.56 Å². The zero-order valence-electron chi connectivity index (χ0n) is 7.62. The van der Waals surface area contributed by atoms with Crippen LogP contribution in [0.4, 0.5) is 0 Å². The van der Waals surface area contributed by atoms with Gasteiger partial charge in [-0.1, -0.05) is 19.9 Å². The van der Waals surface area contributed by atoms with Gasteiger partial charge in [0.15, 0.2) is 0 Å². The van der Waals surface area contributed by atoms with Crippen molar-refractivity contribution in [2.45, 2.75) is 32.8 Å². The average Bonchev–Trinajstić information content (AvgIpc) is 2.17. The van der Waals surface area contributed by atoms with Gasteiger partial charge in [0, 0.05) is 6.20 Å². The predicted molar refractivity (Wildman–Crippen MR) is 48.9 cm³/mol. The lowest BCUT2D eigenvalue weighted by Crippen LogP contribution is -1.98. The molecule has 2 nitrogen and oxygen atoms in total. The topological polar surface area (TPSA) is 33.1 Å². The highest BCUT2D eigenvalue weighted by molar-refractivity contribution is 5.15. The average molecular weight is 165 g/mol. The Labute approximate surface area is 73.3 Å². The van der Waals surface area contributed by atoms with Crippen molar-refractivity contribution < 1.29 is 5.11 Å². The minimum Gasteiger partial charge on any atom is -0.387 e. The third-order valence-corrected chi connectivity index (χ3v) is 1.98. The summed E-state index contributed by atoms with van der Waals surface area (Å²) in [4.78, 5) is 4.17. The molecule has 0 bridgehead atoms. The first-order valence-electron chi connectivity index (χ1n) is 4.40. The summed E-state index contributed by atoms with van der Waals surface area (Å²) < 4.78 is 0. The Kier molecular flexibility index (Phi) is 3.23. The fraction of sp³-hybridized carbons (Fsp3) is 0.500. The normalized spacial score (nSPS) is 12.9. The highest BCUT2D eigenvalue weighted by Crippen LogP contribution is 2.13. The molecule has 1 heterocycles. The van der Waals surface area contributed by atoms with E-state index in [2.05, 4.69) is 11.9 Å². The van der Waals surface area contributed by atoms with Crippen LogP contribution in [-0.2, 0) is 6.42 Å². The molecular formula is C10H15NO. The lowest BCUT2D eigenvalue weighted by atomic mass is 10.1. The van der Waals surface area contributed by atoms with Crippen LogP contribution in [0.1, 0.15) is 37.6 Å². The second-order valence-electron chi connectivity index (χ2n) is 2.87. The SMILES string of the molecule is CCc1ccc(C(O)CC)nc1. The van der Waals surface area contributed by atoms with E-state index >= 15 is 0 Å². The number of aryl methyl sites for hydroxylation is 1. The maximum absolute atomic E-state index is 9.43. The maximum atomic E-state index is 9.43. The van der Waals surface area contributed by atoms with Crippen molar-refractivity contribution in [2.75, 3.05) is 0 Å². The largest absolute Gasteiger partial charge is 0.387 e. The van der Waals surface area contributed by atoms with Gasteiger partial charge in [0.1, 0.15) is 0 Å². The van der Waals surface area contributed by atoms with Crippen molar-refractivity contribution >= 4 is 0 Å². The lowest BCUT2D eigenvalue weighted by Gasteiger charge is -2.06. The molecule has 1 N–H and O–H groups in total. The number of hydrogen-bond donors (Lipinski definition) is 1. The second kappa shape index (κ2) is 4.21. The first-order valence-corrected chi connectivity index (χ1v) is 4.40. The number of aliphatic hydroxyl groups excluding tert-OH is 1. The zero-order chi connectivity index (χ0) is 8.97. The van der Waals surface area contributed by atoms with Crippen molar-refractivity contribution in [3.05, 3.63) is 29.6 Å². The van der Waals surface area contributed by atoms with Gasteiger partial charge >= 0.3 is 0 Å². The fourth-order valence-electron chi connectivity index (χ4n) is 1.05. The molecular weight excluding hydrogens is 150 g/mol. The van der Waals surface area contributed by atoms with Crippen LogP contribution in [-0.4, -0.2) is 10.1 Å². The number of rotatable bonds is 3. The van der Waals surface area contributed by atoms with Crippen LogP contribution >= 0.6 is 0 Å². The molecule has 0 aliphatic heterocycles. The molecule has 1 aromatic heterocycles. The van der Waals surface area contributed by atoms with Crippen LogP contribution < -0.4 is 0 Å². The molecule has 1 unspecified atom stereocenters. The Morgan fingerprint density at radius 1 is 1.42 bits per heavy atom. The summed E-state index contributed by atoms with van der Waals surface area (Å²) in [6, 6.07) is 3.91. The van der Waals surface area contributed by atoms with Crippen LogP contribution in [0.15, 0.2) is 18.3 Å². The predicted octanol–water partition coefficient (Wildman–Crippen LogP) is 2.09. The highest BCUT2D eigenvalue weighted by atomic mass is 16.3. The Morgan fingerprint density at radius 3 is 2.58 bits per heavy atom. The van der Waals surface area contributed by atoms with Crippen LogP contribution in [0.2, 0.25) is 0 Å². The third kappa shape index (κ3) is 2.05. The molecule has 0 radical (unpaired) electrons. The summed E-state index contributed by atoms with van der Waals surface area (Å²) in [6.45, 7) is 4.03. The first kappa shape index (κ1) is 9.20. The first-order chi connectivity index (χ1) is 5.77. The number of aromatic nitrogens is 1. The van der Waals surface area contributed by atoms with E-state index in [0.29, 0.717) is 0 Å². The molecule has 0 spiro atoms. The molecule has 0 aliphatic rings. The second-order valence-corrected chi connectivity index (χ2v) is 2.87. The van der Waals surface area contributed by atoms with Crippen molar-refractivity contribution in [3.8, 4) is 0 Å². The summed E-state index contributed by atoms with van der Waals surface area (Å²) >= 11 is 0. The van der Waals surface area contributed by atoms with Crippen LogP contribution in [0.5, 0.6) is 0 Å². The minimum absolute atomic E-state index is 0.407. The molecule has 12 heavy (non-hydrogen) atoms. The van der Waals surface area contributed by atoms with Crippen LogP contribution in [0.3, 0.4) is 0 Å². The monoisotopic (exact) mass is 165 g/mol. The summed E-state index contributed by atoms with van der Waals surface area (Å²) in [5.41, 5.74) is 1.98. The summed E-state index contributed by atoms with van der Waals surface area (Å²) in [5, 5.41) is 9.43. The Balaban J connectivity index is 2.77. The van der Waals surface area contributed by atoms with E-state index in [0.717, 1.165) is 18.5 Å². The molecule has 0 aliphatic carbocycles. The standard InChI is InChI=1S/C10H15NO/c1-3-8-5-6-9(11-7-8)10(12)4-2/h5-7,10,12H,3-4H2,1-2H3. The van der Waals surface area contributed by atoms with Gasteiger partial charge in [-0.3, -0.25) is 4.98 Å². The quantitative estimate of drug-likeness (QED) is 0.744. The maximum Gasteiger partial charge on any atom is 0.0957 e. The number of nitrogens with zero attached hydrogens (tertiary/aromatic N) is 1. The zero-order valence-corrected chi connectivity index (χ0v) is 7.62. The Morgan fingerprint density at radius 2 is 2.17 bits per heavy atom.